The predicted octanol–water partition coefficient (Wildman–Crippen LogP) is 1.67. The summed E-state index contributed by atoms with van der Waals surface area (Å²) in [6.45, 7) is 0. The van der Waals surface area contributed by atoms with Crippen LogP contribution >= 0.6 is 0 Å². The molecule has 6 heteroatoms. The molecule has 0 N–H and O–H groups in total. The highest BCUT2D eigenvalue weighted by atomic mass is 19.2. The SMILES string of the molecule is O=[n+]1c2c(n([O-])c3cc(F)c(F)cc31)CCC2. The van der Waals surface area contributed by atoms with Gasteiger partial charge >= 0.3 is 0 Å². The van der Waals surface area contributed by atoms with Crippen molar-refractivity contribution >= 4 is 11.0 Å². The summed E-state index contributed by atoms with van der Waals surface area (Å²) < 4.78 is 27.2. The monoisotopic (exact) mass is 238 g/mol. The number of nitrogens with zero attached hydrogens (tertiary/aromatic N) is 2. The van der Waals surface area contributed by atoms with E-state index in [9.17, 15) is 18.9 Å². The Balaban J connectivity index is 2.54. The van der Waals surface area contributed by atoms with E-state index < -0.39 is 11.6 Å². The summed E-state index contributed by atoms with van der Waals surface area (Å²) in [6.07, 6.45) is 1.70. The van der Waals surface area contributed by atoms with Crippen LogP contribution in [0.2, 0.25) is 0 Å². The molecule has 17 heavy (non-hydrogen) atoms. The summed E-state index contributed by atoms with van der Waals surface area (Å²) in [4.78, 5) is 11.9. The Morgan fingerprint density at radius 3 is 2.71 bits per heavy atom. The summed E-state index contributed by atoms with van der Waals surface area (Å²) in [5.74, 6) is -2.25. The van der Waals surface area contributed by atoms with Gasteiger partial charge in [-0.3, -0.25) is 0 Å². The zero-order valence-electron chi connectivity index (χ0n) is 8.74. The van der Waals surface area contributed by atoms with Crippen LogP contribution in [-0.4, -0.2) is 4.73 Å². The zero-order chi connectivity index (χ0) is 12.2. The molecule has 3 rings (SSSR count). The normalized spacial score (nSPS) is 14.2. The number of aromatic nitrogens is 2. The molecule has 1 aromatic heterocycles. The van der Waals surface area contributed by atoms with E-state index in [0.29, 0.717) is 39.8 Å². The van der Waals surface area contributed by atoms with Gasteiger partial charge in [0.2, 0.25) is 0 Å². The van der Waals surface area contributed by atoms with Crippen molar-refractivity contribution in [2.24, 2.45) is 0 Å². The second-order valence-electron chi connectivity index (χ2n) is 4.09. The largest absolute Gasteiger partial charge is 0.805 e. The number of hydrogen-bond acceptors (Lipinski definition) is 2. The van der Waals surface area contributed by atoms with E-state index in [0.717, 1.165) is 12.1 Å². The van der Waals surface area contributed by atoms with Crippen molar-refractivity contribution in [3.8, 4) is 0 Å². The topological polar surface area (TPSA) is 51.0 Å². The van der Waals surface area contributed by atoms with Gasteiger partial charge in [-0.2, -0.15) is 0 Å². The summed E-state index contributed by atoms with van der Waals surface area (Å²) >= 11 is 0. The van der Waals surface area contributed by atoms with Crippen LogP contribution in [0.4, 0.5) is 8.78 Å². The molecule has 0 atom stereocenters. The van der Waals surface area contributed by atoms with Crippen molar-refractivity contribution in [3.05, 3.63) is 45.3 Å². The van der Waals surface area contributed by atoms with Crippen LogP contribution in [0, 0.1) is 21.7 Å². The lowest BCUT2D eigenvalue weighted by atomic mass is 10.2. The first-order valence-electron chi connectivity index (χ1n) is 5.25. The van der Waals surface area contributed by atoms with Crippen molar-refractivity contribution in [2.75, 3.05) is 0 Å². The van der Waals surface area contributed by atoms with Gasteiger partial charge in [0, 0.05) is 17.4 Å². The summed E-state index contributed by atoms with van der Waals surface area (Å²) in [6, 6.07) is 1.54. The molecular formula is C11H8F2N2O2. The van der Waals surface area contributed by atoms with Crippen molar-refractivity contribution in [3.63, 3.8) is 0 Å². The lowest BCUT2D eigenvalue weighted by Crippen LogP contribution is -2.25. The van der Waals surface area contributed by atoms with Gasteiger partial charge in [0.25, 0.3) is 11.2 Å². The maximum absolute atomic E-state index is 13.1. The van der Waals surface area contributed by atoms with Crippen LogP contribution in [-0.2, 0) is 12.8 Å². The second-order valence-corrected chi connectivity index (χ2v) is 4.09. The number of rotatable bonds is 0. The first-order chi connectivity index (χ1) is 8.09. The molecule has 1 aromatic carbocycles. The van der Waals surface area contributed by atoms with E-state index in [1.165, 1.54) is 0 Å². The second kappa shape index (κ2) is 3.26. The Morgan fingerprint density at radius 2 is 1.94 bits per heavy atom. The van der Waals surface area contributed by atoms with Gasteiger partial charge in [-0.05, 0) is 12.8 Å². The molecular weight excluding hydrogens is 230 g/mol. The van der Waals surface area contributed by atoms with Crippen LogP contribution < -0.4 is 4.43 Å². The lowest BCUT2D eigenvalue weighted by Gasteiger charge is -2.15. The first kappa shape index (κ1) is 10.2. The fourth-order valence-electron chi connectivity index (χ4n) is 2.29. The van der Waals surface area contributed by atoms with Crippen LogP contribution in [0.5, 0.6) is 0 Å². The summed E-state index contributed by atoms with van der Waals surface area (Å²) in [5.41, 5.74) is 0.469. The minimum atomic E-state index is -1.12. The highest BCUT2D eigenvalue weighted by Gasteiger charge is 2.27. The molecule has 0 bridgehead atoms. The quantitative estimate of drug-likeness (QED) is 0.655. The average Bonchev–Trinajstić information content (AvgIpc) is 2.78. The van der Waals surface area contributed by atoms with E-state index in [2.05, 4.69) is 0 Å². The molecule has 2 aromatic rings. The highest BCUT2D eigenvalue weighted by Crippen LogP contribution is 2.23. The Morgan fingerprint density at radius 1 is 1.24 bits per heavy atom. The molecule has 0 unspecified atom stereocenters. The number of halogens is 2. The smallest absolute Gasteiger partial charge is 0.289 e. The van der Waals surface area contributed by atoms with Gasteiger partial charge in [-0.25, -0.2) is 8.78 Å². The Hall–Kier alpha value is -1.98. The maximum atomic E-state index is 13.1. The minimum absolute atomic E-state index is 0.125. The molecule has 1 aliphatic carbocycles. The molecule has 88 valence electrons. The number of fused-ring (bicyclic) bond motifs is 2. The fraction of sp³-hybridized carbons (Fsp3) is 0.273. The Kier molecular flexibility index (Phi) is 1.95. The molecule has 0 saturated heterocycles. The fourth-order valence-corrected chi connectivity index (χ4v) is 2.29. The van der Waals surface area contributed by atoms with Gasteiger partial charge in [-0.15, -0.1) is 0 Å². The van der Waals surface area contributed by atoms with Crippen LogP contribution in [0.3, 0.4) is 0 Å². The van der Waals surface area contributed by atoms with Crippen molar-refractivity contribution in [1.29, 1.82) is 0 Å². The Bertz CT molecular complexity index is 694. The lowest BCUT2D eigenvalue weighted by molar-refractivity contribution is -0.475. The third kappa shape index (κ3) is 1.26. The molecule has 0 saturated carbocycles. The molecule has 4 nitrogen and oxygen atoms in total. The van der Waals surface area contributed by atoms with E-state index in [4.69, 9.17) is 0 Å². The van der Waals surface area contributed by atoms with Crippen molar-refractivity contribution < 1.29 is 13.2 Å². The van der Waals surface area contributed by atoms with E-state index >= 15 is 0 Å². The van der Waals surface area contributed by atoms with Gasteiger partial charge in [0.05, 0.1) is 16.2 Å². The minimum Gasteiger partial charge on any atom is -0.805 e. The van der Waals surface area contributed by atoms with Gasteiger partial charge in [-0.1, -0.05) is 0 Å². The van der Waals surface area contributed by atoms with Gasteiger partial charge in [0.15, 0.2) is 11.6 Å². The van der Waals surface area contributed by atoms with E-state index in [-0.39, 0.29) is 11.0 Å². The maximum Gasteiger partial charge on any atom is 0.289 e. The third-order valence-electron chi connectivity index (χ3n) is 3.11. The molecule has 0 aliphatic heterocycles. The molecule has 0 radical (unpaired) electrons. The van der Waals surface area contributed by atoms with Crippen LogP contribution in [0.1, 0.15) is 17.8 Å². The molecule has 0 amide bonds. The average molecular weight is 238 g/mol. The molecule has 1 aliphatic rings. The highest BCUT2D eigenvalue weighted by molar-refractivity contribution is 5.72. The summed E-state index contributed by atoms with van der Waals surface area (Å²) in [7, 11) is 0. The first-order valence-corrected chi connectivity index (χ1v) is 5.25. The van der Waals surface area contributed by atoms with Crippen molar-refractivity contribution in [1.82, 2.24) is 4.73 Å². The molecule has 1 heterocycles. The predicted molar refractivity (Wildman–Crippen MR) is 56.0 cm³/mol. The van der Waals surface area contributed by atoms with Gasteiger partial charge < -0.3 is 9.94 Å². The Labute approximate surface area is 94.3 Å². The standard InChI is InChI=1S/C11H8F2N2O2/c12-6-4-10-11(5-7(6)13)15(17)9-3-1-2-8(9)14(10)16/h4-5H,1-3H2. The summed E-state index contributed by atoms with van der Waals surface area (Å²) in [5, 5.41) is 11.9. The number of hydrogen-bond donors (Lipinski definition) is 0. The molecule has 0 spiro atoms. The zero-order valence-corrected chi connectivity index (χ0v) is 8.74. The van der Waals surface area contributed by atoms with Crippen molar-refractivity contribution in [2.45, 2.75) is 19.3 Å². The molecule has 0 fully saturated rings. The van der Waals surface area contributed by atoms with Crippen LogP contribution in [0.15, 0.2) is 12.1 Å². The van der Waals surface area contributed by atoms with Crippen LogP contribution in [0.25, 0.3) is 11.0 Å². The third-order valence-corrected chi connectivity index (χ3v) is 3.11. The van der Waals surface area contributed by atoms with E-state index in [1.54, 1.807) is 0 Å². The number of benzene rings is 1. The van der Waals surface area contributed by atoms with E-state index in [1.807, 2.05) is 0 Å². The van der Waals surface area contributed by atoms with Gasteiger partial charge in [0.1, 0.15) is 5.52 Å².